The van der Waals surface area contributed by atoms with Crippen LogP contribution < -0.4 is 4.74 Å². The van der Waals surface area contributed by atoms with E-state index < -0.39 is 35.7 Å². The molecule has 218 valence electrons. The summed E-state index contributed by atoms with van der Waals surface area (Å²) in [4.78, 5) is 45.0. The van der Waals surface area contributed by atoms with E-state index in [0.29, 0.717) is 11.1 Å². The van der Waals surface area contributed by atoms with Crippen molar-refractivity contribution in [2.24, 2.45) is 0 Å². The van der Waals surface area contributed by atoms with Gasteiger partial charge in [-0.25, -0.2) is 28.7 Å². The van der Waals surface area contributed by atoms with Crippen LogP contribution in [0.4, 0.5) is 17.6 Å². The fourth-order valence-corrected chi connectivity index (χ4v) is 3.61. The van der Waals surface area contributed by atoms with E-state index in [2.05, 4.69) is 27.9 Å². The van der Waals surface area contributed by atoms with Crippen LogP contribution in [-0.2, 0) is 9.47 Å². The highest BCUT2D eigenvalue weighted by molar-refractivity contribution is 5.99. The Morgan fingerprint density at radius 3 is 2.12 bits per heavy atom. The van der Waals surface area contributed by atoms with Crippen molar-refractivity contribution in [1.29, 1.82) is 0 Å². The van der Waals surface area contributed by atoms with Gasteiger partial charge in [-0.05, 0) is 47.5 Å². The van der Waals surface area contributed by atoms with Gasteiger partial charge in [0, 0.05) is 18.0 Å². The number of halogens is 4. The SMILES string of the molecule is C=CCOC(=O)c1cnc(-c2ccc(OC(=O)c3ccccc3-c3ccc(C(=O)OC(=C)C(F)(F)F)cc3)c(F)c2)nc1. The smallest absolute Gasteiger partial charge is 0.449 e. The number of esters is 3. The summed E-state index contributed by atoms with van der Waals surface area (Å²) in [6.07, 6.45) is -1.03. The lowest BCUT2D eigenvalue weighted by Gasteiger charge is -2.12. The number of rotatable bonds is 9. The van der Waals surface area contributed by atoms with Gasteiger partial charge in [0.15, 0.2) is 17.4 Å². The predicted octanol–water partition coefficient (Wildman–Crippen LogP) is 6.74. The number of hydrogen-bond donors (Lipinski definition) is 0. The van der Waals surface area contributed by atoms with Gasteiger partial charge in [-0.1, -0.05) is 49.6 Å². The first-order valence-corrected chi connectivity index (χ1v) is 12.3. The van der Waals surface area contributed by atoms with Crippen molar-refractivity contribution in [3.63, 3.8) is 0 Å². The average molecular weight is 593 g/mol. The van der Waals surface area contributed by atoms with Gasteiger partial charge in [0.25, 0.3) is 0 Å². The Hall–Kier alpha value is -5.65. The van der Waals surface area contributed by atoms with Crippen LogP contribution in [0.3, 0.4) is 0 Å². The lowest BCUT2D eigenvalue weighted by Crippen LogP contribution is -2.17. The Labute approximate surface area is 241 Å². The van der Waals surface area contributed by atoms with E-state index in [1.54, 1.807) is 18.2 Å². The predicted molar refractivity (Wildman–Crippen MR) is 145 cm³/mol. The molecule has 0 aliphatic rings. The first-order valence-electron chi connectivity index (χ1n) is 12.3. The minimum absolute atomic E-state index is 0.0182. The second kappa shape index (κ2) is 12.9. The molecule has 1 heterocycles. The molecule has 1 aromatic heterocycles. The van der Waals surface area contributed by atoms with E-state index in [9.17, 15) is 31.9 Å². The molecular weight excluding hydrogens is 572 g/mol. The maximum Gasteiger partial charge on any atom is 0.449 e. The quantitative estimate of drug-likeness (QED) is 0.0692. The van der Waals surface area contributed by atoms with Crippen molar-refractivity contribution in [1.82, 2.24) is 9.97 Å². The van der Waals surface area contributed by atoms with Crippen LogP contribution in [0.1, 0.15) is 31.1 Å². The molecule has 43 heavy (non-hydrogen) atoms. The van der Waals surface area contributed by atoms with Crippen LogP contribution in [0.2, 0.25) is 0 Å². The molecule has 0 saturated carbocycles. The molecule has 0 aliphatic heterocycles. The van der Waals surface area contributed by atoms with Gasteiger partial charge in [0.2, 0.25) is 5.76 Å². The van der Waals surface area contributed by atoms with Crippen LogP contribution in [0, 0.1) is 5.82 Å². The van der Waals surface area contributed by atoms with Gasteiger partial charge < -0.3 is 14.2 Å². The molecule has 0 unspecified atom stereocenters. The summed E-state index contributed by atoms with van der Waals surface area (Å²) < 4.78 is 67.2. The molecule has 0 spiro atoms. The summed E-state index contributed by atoms with van der Waals surface area (Å²) in [5.41, 5.74) is 0.989. The number of carbonyl (C=O) groups excluding carboxylic acids is 3. The zero-order valence-corrected chi connectivity index (χ0v) is 22.1. The Kier molecular flexibility index (Phi) is 9.09. The Morgan fingerprint density at radius 2 is 1.49 bits per heavy atom. The molecule has 12 heteroatoms. The number of ether oxygens (including phenoxy) is 3. The van der Waals surface area contributed by atoms with Crippen LogP contribution in [0.15, 0.2) is 104 Å². The third kappa shape index (κ3) is 7.36. The summed E-state index contributed by atoms with van der Waals surface area (Å²) in [5.74, 6) is -5.61. The van der Waals surface area contributed by atoms with Crippen LogP contribution in [0.25, 0.3) is 22.5 Å². The lowest BCUT2D eigenvalue weighted by molar-refractivity contribution is -0.122. The third-order valence-corrected chi connectivity index (χ3v) is 5.72. The average Bonchev–Trinajstić information content (AvgIpc) is 3.00. The zero-order chi connectivity index (χ0) is 31.1. The molecule has 0 bridgehead atoms. The van der Waals surface area contributed by atoms with Gasteiger partial charge >= 0.3 is 24.1 Å². The van der Waals surface area contributed by atoms with Crippen molar-refractivity contribution in [2.75, 3.05) is 6.61 Å². The molecule has 0 N–H and O–H groups in total. The highest BCUT2D eigenvalue weighted by Gasteiger charge is 2.36. The van der Waals surface area contributed by atoms with Crippen molar-refractivity contribution in [3.8, 4) is 28.3 Å². The van der Waals surface area contributed by atoms with E-state index in [4.69, 9.17) is 9.47 Å². The molecule has 0 atom stereocenters. The highest BCUT2D eigenvalue weighted by atomic mass is 19.4. The molecule has 8 nitrogen and oxygen atoms in total. The fourth-order valence-electron chi connectivity index (χ4n) is 3.61. The van der Waals surface area contributed by atoms with Crippen molar-refractivity contribution >= 4 is 17.9 Å². The summed E-state index contributed by atoms with van der Waals surface area (Å²) in [6.45, 7) is 6.16. The monoisotopic (exact) mass is 592 g/mol. The van der Waals surface area contributed by atoms with Crippen LogP contribution in [0.5, 0.6) is 5.75 Å². The molecule has 0 radical (unpaired) electrons. The molecule has 4 aromatic rings. The molecular formula is C31H20F4N2O6. The van der Waals surface area contributed by atoms with Gasteiger partial charge in [0.1, 0.15) is 6.61 Å². The zero-order valence-electron chi connectivity index (χ0n) is 22.1. The van der Waals surface area contributed by atoms with E-state index in [-0.39, 0.29) is 40.4 Å². The maximum absolute atomic E-state index is 14.9. The van der Waals surface area contributed by atoms with E-state index in [0.717, 1.165) is 6.07 Å². The van der Waals surface area contributed by atoms with Crippen LogP contribution in [-0.4, -0.2) is 40.7 Å². The van der Waals surface area contributed by atoms with E-state index in [1.165, 1.54) is 60.9 Å². The topological polar surface area (TPSA) is 105 Å². The Bertz CT molecular complexity index is 1700. The Balaban J connectivity index is 1.49. The number of allylic oxidation sites excluding steroid dienone is 1. The molecule has 4 rings (SSSR count). The molecule has 0 amide bonds. The van der Waals surface area contributed by atoms with Gasteiger partial charge in [-0.3, -0.25) is 0 Å². The van der Waals surface area contributed by atoms with Crippen molar-refractivity contribution in [3.05, 3.63) is 127 Å². The first-order chi connectivity index (χ1) is 20.5. The second-order valence-corrected chi connectivity index (χ2v) is 8.65. The maximum atomic E-state index is 14.9. The first kappa shape index (κ1) is 30.3. The summed E-state index contributed by atoms with van der Waals surface area (Å²) in [6, 6.07) is 15.1. The van der Waals surface area contributed by atoms with Gasteiger partial charge in [-0.15, -0.1) is 0 Å². The van der Waals surface area contributed by atoms with Gasteiger partial charge in [-0.2, -0.15) is 13.2 Å². The molecule has 0 fully saturated rings. The minimum Gasteiger partial charge on any atom is -0.458 e. The molecule has 3 aromatic carbocycles. The van der Waals surface area contributed by atoms with E-state index >= 15 is 0 Å². The number of carbonyl (C=O) groups is 3. The third-order valence-electron chi connectivity index (χ3n) is 5.72. The Morgan fingerprint density at radius 1 is 0.837 bits per heavy atom. The number of alkyl halides is 3. The number of nitrogens with zero attached hydrogens (tertiary/aromatic N) is 2. The number of benzene rings is 3. The van der Waals surface area contributed by atoms with Gasteiger partial charge in [0.05, 0.1) is 16.7 Å². The largest absolute Gasteiger partial charge is 0.458 e. The standard InChI is InChI=1S/C31H20F4N2O6/c1-3-14-41-28(38)22-16-36-27(37-17-22)21-12-13-26(25(32)15-21)43-30(40)24-7-5-4-6-23(24)19-8-10-20(11-9-19)29(39)42-18(2)31(33,34)35/h3-13,15-17H,1-2,14H2. The van der Waals surface area contributed by atoms with Crippen molar-refractivity contribution < 1.29 is 46.2 Å². The molecule has 0 saturated heterocycles. The minimum atomic E-state index is -4.89. The van der Waals surface area contributed by atoms with Crippen molar-refractivity contribution in [2.45, 2.75) is 6.18 Å². The molecule has 0 aliphatic carbocycles. The number of hydrogen-bond acceptors (Lipinski definition) is 8. The summed E-state index contributed by atoms with van der Waals surface area (Å²) >= 11 is 0. The van der Waals surface area contributed by atoms with Crippen LogP contribution >= 0.6 is 0 Å². The summed E-state index contributed by atoms with van der Waals surface area (Å²) in [7, 11) is 0. The highest BCUT2D eigenvalue weighted by Crippen LogP contribution is 2.29. The normalized spacial score (nSPS) is 10.9. The fraction of sp³-hybridized carbons (Fsp3) is 0.0645. The second-order valence-electron chi connectivity index (χ2n) is 8.65. The number of aromatic nitrogens is 2. The summed E-state index contributed by atoms with van der Waals surface area (Å²) in [5, 5.41) is 0. The lowest BCUT2D eigenvalue weighted by atomic mass is 9.98. The van der Waals surface area contributed by atoms with E-state index in [1.807, 2.05) is 0 Å².